The van der Waals surface area contributed by atoms with Crippen LogP contribution in [0, 0.1) is 56.2 Å². The summed E-state index contributed by atoms with van der Waals surface area (Å²) in [7, 11) is 4.16. The van der Waals surface area contributed by atoms with Crippen LogP contribution < -0.4 is 0 Å². The average Bonchev–Trinajstić information content (AvgIpc) is 3.70. The number of likely N-dealkylation sites (N-methyl/N-ethyl adjacent to an activating group) is 1. The molecular formula is C45H72N4O6. The third kappa shape index (κ3) is 6.96. The first-order chi connectivity index (χ1) is 25.5. The van der Waals surface area contributed by atoms with Gasteiger partial charge >= 0.3 is 11.9 Å². The molecule has 10 heteroatoms. The molecule has 0 bridgehead atoms. The van der Waals surface area contributed by atoms with Crippen molar-refractivity contribution in [2.75, 3.05) is 33.7 Å². The van der Waals surface area contributed by atoms with E-state index in [0.29, 0.717) is 31.3 Å². The molecule has 0 aliphatic heterocycles. The van der Waals surface area contributed by atoms with Gasteiger partial charge in [0.2, 0.25) is 0 Å². The number of nitrogens with zero attached hydrogens (tertiary/aromatic N) is 3. The Hall–Kier alpha value is -2.56. The molecule has 0 aromatic carbocycles. The molecule has 5 aliphatic carbocycles. The van der Waals surface area contributed by atoms with Gasteiger partial charge in [-0.25, -0.2) is 0 Å². The van der Waals surface area contributed by atoms with Gasteiger partial charge in [-0.05, 0) is 131 Å². The van der Waals surface area contributed by atoms with Crippen molar-refractivity contribution in [1.29, 1.82) is 0 Å². The molecule has 10 nitrogen and oxygen atoms in total. The van der Waals surface area contributed by atoms with Crippen LogP contribution in [-0.2, 0) is 25.7 Å². The van der Waals surface area contributed by atoms with Crippen molar-refractivity contribution in [3.63, 3.8) is 0 Å². The van der Waals surface area contributed by atoms with Crippen molar-refractivity contribution in [3.8, 4) is 0 Å². The summed E-state index contributed by atoms with van der Waals surface area (Å²) >= 11 is 0. The summed E-state index contributed by atoms with van der Waals surface area (Å²) in [6.45, 7) is 22.6. The van der Waals surface area contributed by atoms with E-state index in [2.05, 4.69) is 82.6 Å². The number of esters is 1. The number of aliphatic hydroxyl groups is 1. The van der Waals surface area contributed by atoms with E-state index in [0.717, 1.165) is 75.7 Å². The molecule has 0 radical (unpaired) electrons. The Morgan fingerprint density at radius 2 is 1.69 bits per heavy atom. The number of fused-ring (bicyclic) bond motifs is 7. The standard InChI is InChI=1S/C45H72N4O6/c1-28(2)37-31(50)24-45(34(51)27-49(23-22-48(10)11)26-29-16-21-46-47-29)20-19-43(8)30(38(37)45)12-13-33-42(7)17-15-35(55-36(52)25-40(3,4)39(53)54)41(5,6)32(42)14-18-44(33,43)9/h16,21,28,30,32-35,51H,12-15,17-20,22-27H2,1-11H3,(H,46,47)(H,53,54)/t30-,32+,33-,34+,35+,42+,43-,44-,45+/m1/s1. The van der Waals surface area contributed by atoms with Crippen LogP contribution in [0.4, 0.5) is 0 Å². The highest BCUT2D eigenvalue weighted by Crippen LogP contribution is 2.77. The molecule has 1 aromatic rings. The van der Waals surface area contributed by atoms with E-state index in [1.54, 1.807) is 20.0 Å². The highest BCUT2D eigenvalue weighted by Gasteiger charge is 2.71. The van der Waals surface area contributed by atoms with E-state index in [-0.39, 0.29) is 51.8 Å². The summed E-state index contributed by atoms with van der Waals surface area (Å²) < 4.78 is 6.19. The van der Waals surface area contributed by atoms with Gasteiger partial charge in [0.1, 0.15) is 6.10 Å². The predicted molar refractivity (Wildman–Crippen MR) is 214 cm³/mol. The van der Waals surface area contributed by atoms with Gasteiger partial charge in [-0.2, -0.15) is 5.10 Å². The number of nitrogens with one attached hydrogen (secondary N) is 1. The topological polar surface area (TPSA) is 136 Å². The highest BCUT2D eigenvalue weighted by atomic mass is 16.5. The summed E-state index contributed by atoms with van der Waals surface area (Å²) in [5.41, 5.74) is 1.44. The summed E-state index contributed by atoms with van der Waals surface area (Å²) in [6, 6.07) is 2.00. The van der Waals surface area contributed by atoms with Gasteiger partial charge < -0.3 is 19.8 Å². The summed E-state index contributed by atoms with van der Waals surface area (Å²) in [5, 5.41) is 29.5. The third-order valence-corrected chi connectivity index (χ3v) is 16.7. The maximum absolute atomic E-state index is 14.3. The first kappa shape index (κ1) is 42.1. The lowest BCUT2D eigenvalue weighted by molar-refractivity contribution is -0.235. The number of carboxylic acids is 1. The molecule has 1 heterocycles. The molecule has 6 rings (SSSR count). The fourth-order valence-corrected chi connectivity index (χ4v) is 13.5. The number of ketones is 1. The maximum Gasteiger partial charge on any atom is 0.309 e. The van der Waals surface area contributed by atoms with Crippen LogP contribution in [0.5, 0.6) is 0 Å². The lowest BCUT2D eigenvalue weighted by Gasteiger charge is -2.72. The Balaban J connectivity index is 1.28. The average molecular weight is 765 g/mol. The van der Waals surface area contributed by atoms with Gasteiger partial charge in [0, 0.05) is 55.3 Å². The van der Waals surface area contributed by atoms with Crippen molar-refractivity contribution >= 4 is 17.7 Å². The Morgan fingerprint density at radius 3 is 2.31 bits per heavy atom. The molecule has 3 N–H and O–H groups in total. The molecule has 0 amide bonds. The maximum atomic E-state index is 14.3. The summed E-state index contributed by atoms with van der Waals surface area (Å²) in [5.74, 6) is 0.0256. The fraction of sp³-hybridized carbons (Fsp3) is 0.822. The monoisotopic (exact) mass is 765 g/mol. The molecule has 0 unspecified atom stereocenters. The number of aliphatic hydroxyl groups excluding tert-OH is 1. The normalized spacial score (nSPS) is 36.4. The second-order valence-corrected chi connectivity index (χ2v) is 21.2. The zero-order valence-corrected chi connectivity index (χ0v) is 35.9. The number of carbonyl (C=O) groups excluding carboxylic acids is 2. The molecule has 308 valence electrons. The zero-order chi connectivity index (χ0) is 40.5. The third-order valence-electron chi connectivity index (χ3n) is 16.7. The number of Topliss-reactive ketones (excluding diaryl/α,β-unsaturated/α-hetero) is 1. The van der Waals surface area contributed by atoms with Crippen molar-refractivity contribution in [1.82, 2.24) is 20.0 Å². The molecule has 0 saturated heterocycles. The molecule has 5 aliphatic rings. The van der Waals surface area contributed by atoms with Gasteiger partial charge in [0.25, 0.3) is 0 Å². The molecule has 9 atom stereocenters. The Kier molecular flexibility index (Phi) is 11.2. The number of H-pyrrole nitrogens is 1. The number of hydrogen-bond donors (Lipinski definition) is 3. The molecule has 4 saturated carbocycles. The van der Waals surface area contributed by atoms with Crippen molar-refractivity contribution in [2.24, 2.45) is 56.2 Å². The number of rotatable bonds is 13. The van der Waals surface area contributed by atoms with E-state index in [1.807, 2.05) is 6.07 Å². The number of ether oxygens (including phenoxy) is 1. The number of hydrogen-bond acceptors (Lipinski definition) is 8. The second kappa shape index (κ2) is 14.7. The molecule has 0 spiro atoms. The first-order valence-electron chi connectivity index (χ1n) is 21.3. The minimum absolute atomic E-state index is 0.0242. The Morgan fingerprint density at radius 1 is 0.982 bits per heavy atom. The van der Waals surface area contributed by atoms with Gasteiger partial charge in [-0.3, -0.25) is 24.4 Å². The fourth-order valence-electron chi connectivity index (χ4n) is 13.5. The van der Waals surface area contributed by atoms with Crippen LogP contribution in [0.3, 0.4) is 0 Å². The smallest absolute Gasteiger partial charge is 0.309 e. The van der Waals surface area contributed by atoms with Crippen LogP contribution in [0.2, 0.25) is 0 Å². The minimum Gasteiger partial charge on any atom is -0.481 e. The number of aromatic nitrogens is 2. The van der Waals surface area contributed by atoms with Crippen molar-refractivity contribution in [3.05, 3.63) is 29.1 Å². The van der Waals surface area contributed by atoms with E-state index < -0.39 is 28.9 Å². The summed E-state index contributed by atoms with van der Waals surface area (Å²) in [4.78, 5) is 43.7. The SMILES string of the molecule is CC(C)C1=C2[C@H]3CC[C@@H]4[C@@]5(C)CC[C@H](OC(=O)CC(C)(C)C(=O)O)C(C)(C)[C@@H]5CC[C@@]4(C)[C@]3(C)CC[C@@]2([C@@H](O)CN(CCN(C)C)Cc2ccn[nH]2)CC1=O. The van der Waals surface area contributed by atoms with E-state index >= 15 is 0 Å². The molecule has 1 aromatic heterocycles. The number of aromatic amines is 1. The lowest BCUT2D eigenvalue weighted by Crippen LogP contribution is -2.66. The quantitative estimate of drug-likeness (QED) is 0.174. The summed E-state index contributed by atoms with van der Waals surface area (Å²) in [6.07, 6.45) is 8.95. The van der Waals surface area contributed by atoms with Crippen LogP contribution in [0.25, 0.3) is 0 Å². The van der Waals surface area contributed by atoms with Crippen LogP contribution in [-0.4, -0.2) is 93.9 Å². The van der Waals surface area contributed by atoms with Crippen molar-refractivity contribution in [2.45, 2.75) is 145 Å². The Bertz CT molecular complexity index is 1650. The number of carboxylic acid groups (broad SMARTS) is 1. The number of carbonyl (C=O) groups is 3. The van der Waals surface area contributed by atoms with Crippen molar-refractivity contribution < 1.29 is 29.3 Å². The highest BCUT2D eigenvalue weighted by molar-refractivity contribution is 6.00. The number of aliphatic carboxylic acids is 1. The first-order valence-corrected chi connectivity index (χ1v) is 21.3. The van der Waals surface area contributed by atoms with E-state index in [9.17, 15) is 24.6 Å². The van der Waals surface area contributed by atoms with Gasteiger partial charge in [-0.15, -0.1) is 0 Å². The van der Waals surface area contributed by atoms with Crippen LogP contribution in [0.15, 0.2) is 23.4 Å². The van der Waals surface area contributed by atoms with Gasteiger partial charge in [-0.1, -0.05) is 54.0 Å². The molecule has 4 fully saturated rings. The molecular weight excluding hydrogens is 693 g/mol. The van der Waals surface area contributed by atoms with E-state index in [4.69, 9.17) is 4.74 Å². The van der Waals surface area contributed by atoms with Crippen LogP contribution >= 0.6 is 0 Å². The van der Waals surface area contributed by atoms with Gasteiger partial charge in [0.15, 0.2) is 5.78 Å². The Labute approximate surface area is 330 Å². The van der Waals surface area contributed by atoms with Gasteiger partial charge in [0.05, 0.1) is 17.9 Å². The minimum atomic E-state index is -1.17. The molecule has 55 heavy (non-hydrogen) atoms. The number of allylic oxidation sites excluding steroid dienone is 1. The largest absolute Gasteiger partial charge is 0.481 e. The van der Waals surface area contributed by atoms with Crippen LogP contribution in [0.1, 0.15) is 132 Å². The lowest BCUT2D eigenvalue weighted by atomic mass is 9.33. The predicted octanol–water partition coefficient (Wildman–Crippen LogP) is 7.53. The van der Waals surface area contributed by atoms with E-state index in [1.165, 1.54) is 5.57 Å². The second-order valence-electron chi connectivity index (χ2n) is 21.2. The zero-order valence-electron chi connectivity index (χ0n) is 35.9.